The summed E-state index contributed by atoms with van der Waals surface area (Å²) in [5.41, 5.74) is 1.66. The molecule has 0 saturated carbocycles. The summed E-state index contributed by atoms with van der Waals surface area (Å²) in [7, 11) is 2.11. The first kappa shape index (κ1) is 17.8. The average molecular weight is 371 g/mol. The van der Waals surface area contributed by atoms with Gasteiger partial charge in [0.15, 0.2) is 0 Å². The van der Waals surface area contributed by atoms with Crippen LogP contribution in [0, 0.1) is 5.92 Å². The number of hydrogen-bond donors (Lipinski definition) is 3. The van der Waals surface area contributed by atoms with Crippen LogP contribution in [-0.2, 0) is 11.2 Å². The summed E-state index contributed by atoms with van der Waals surface area (Å²) in [5, 5.41) is 7.81. The molecule has 3 N–H and O–H groups in total. The van der Waals surface area contributed by atoms with E-state index >= 15 is 0 Å². The third-order valence-corrected chi connectivity index (χ3v) is 5.73. The van der Waals surface area contributed by atoms with Crippen LogP contribution < -0.4 is 16.0 Å². The number of anilines is 1. The second-order valence-corrected chi connectivity index (χ2v) is 7.73. The van der Waals surface area contributed by atoms with Crippen LogP contribution in [0.15, 0.2) is 24.3 Å². The van der Waals surface area contributed by atoms with Crippen molar-refractivity contribution in [3.63, 3.8) is 0 Å². The topological polar surface area (TPSA) is 93.8 Å². The lowest BCUT2D eigenvalue weighted by Crippen LogP contribution is -2.50. The maximum absolute atomic E-state index is 12.8. The summed E-state index contributed by atoms with van der Waals surface area (Å²) >= 11 is 0. The molecule has 8 nitrogen and oxygen atoms in total. The lowest BCUT2D eigenvalue weighted by molar-refractivity contribution is -0.120. The first-order valence-corrected chi connectivity index (χ1v) is 9.46. The number of carbonyl (C=O) groups is 3. The van der Waals surface area contributed by atoms with Gasteiger partial charge in [0.2, 0.25) is 0 Å². The minimum atomic E-state index is -0.539. The Labute approximate surface area is 158 Å². The van der Waals surface area contributed by atoms with E-state index in [-0.39, 0.29) is 11.9 Å². The molecule has 4 rings (SSSR count). The van der Waals surface area contributed by atoms with Crippen molar-refractivity contribution in [1.82, 2.24) is 20.4 Å². The molecule has 3 saturated heterocycles. The van der Waals surface area contributed by atoms with Crippen LogP contribution in [0.4, 0.5) is 15.3 Å². The summed E-state index contributed by atoms with van der Waals surface area (Å²) in [6.07, 6.45) is 2.67. The van der Waals surface area contributed by atoms with Crippen LogP contribution in [0.3, 0.4) is 0 Å². The molecule has 144 valence electrons. The first-order chi connectivity index (χ1) is 13.0. The molecule has 0 radical (unpaired) electrons. The van der Waals surface area contributed by atoms with E-state index in [1.165, 1.54) is 6.42 Å². The molecule has 0 aliphatic carbocycles. The van der Waals surface area contributed by atoms with E-state index in [0.717, 1.165) is 37.3 Å². The number of amides is 5. The number of likely N-dealkylation sites (tertiary alicyclic amines) is 2. The molecule has 1 aromatic rings. The number of benzene rings is 1. The fraction of sp³-hybridized carbons (Fsp3) is 0.526. The van der Waals surface area contributed by atoms with Crippen molar-refractivity contribution in [2.75, 3.05) is 32.0 Å². The minimum absolute atomic E-state index is 0.0461. The highest BCUT2D eigenvalue weighted by atomic mass is 16.2. The van der Waals surface area contributed by atoms with E-state index in [9.17, 15) is 14.4 Å². The number of nitrogens with one attached hydrogen (secondary N) is 3. The molecule has 3 atom stereocenters. The van der Waals surface area contributed by atoms with Gasteiger partial charge in [-0.15, -0.1) is 0 Å². The first-order valence-electron chi connectivity index (χ1n) is 9.46. The number of likely N-dealkylation sites (N-methyl/N-ethyl adjacent to an activating group) is 1. The van der Waals surface area contributed by atoms with Crippen molar-refractivity contribution in [1.29, 1.82) is 0 Å². The van der Waals surface area contributed by atoms with Crippen LogP contribution in [0.25, 0.3) is 0 Å². The summed E-state index contributed by atoms with van der Waals surface area (Å²) in [4.78, 5) is 39.8. The van der Waals surface area contributed by atoms with Gasteiger partial charge in [-0.3, -0.25) is 10.1 Å². The van der Waals surface area contributed by atoms with E-state index in [2.05, 4.69) is 27.9 Å². The Morgan fingerprint density at radius 1 is 1.22 bits per heavy atom. The van der Waals surface area contributed by atoms with Gasteiger partial charge in [0.05, 0.1) is 6.04 Å². The van der Waals surface area contributed by atoms with E-state index in [0.29, 0.717) is 18.4 Å². The Kier molecular flexibility index (Phi) is 4.73. The van der Waals surface area contributed by atoms with E-state index in [1.54, 1.807) is 0 Å². The number of piperidine rings is 1. The standard InChI is InChI=1S/C19H25N5O3/c1-23-10-13-3-2-8-24(16(13)11-23)19(27)20-14-6-4-12(5-7-14)9-15-17(25)22-18(26)21-15/h4-7,13,15-16H,2-3,8-11H2,1H3,(H,20,27)(H2,21,22,25,26)/t13-,15?,16+/m0/s1. The van der Waals surface area contributed by atoms with Crippen LogP contribution >= 0.6 is 0 Å². The van der Waals surface area contributed by atoms with Gasteiger partial charge in [0.25, 0.3) is 5.91 Å². The number of hydrogen-bond acceptors (Lipinski definition) is 4. The largest absolute Gasteiger partial charge is 0.326 e. The highest BCUT2D eigenvalue weighted by Crippen LogP contribution is 2.30. The zero-order valence-electron chi connectivity index (χ0n) is 15.4. The molecule has 5 amide bonds. The number of rotatable bonds is 3. The summed E-state index contributed by atoms with van der Waals surface area (Å²) in [6.45, 7) is 2.80. The molecular formula is C19H25N5O3. The molecule has 3 heterocycles. The number of carbonyl (C=O) groups excluding carboxylic acids is 3. The Balaban J connectivity index is 1.36. The van der Waals surface area contributed by atoms with Crippen molar-refractivity contribution >= 4 is 23.7 Å². The molecule has 0 aromatic heterocycles. The van der Waals surface area contributed by atoms with Gasteiger partial charge in [-0.2, -0.15) is 0 Å². The molecule has 1 unspecified atom stereocenters. The van der Waals surface area contributed by atoms with E-state index in [1.807, 2.05) is 29.2 Å². The van der Waals surface area contributed by atoms with Crippen molar-refractivity contribution in [3.05, 3.63) is 29.8 Å². The SMILES string of the molecule is CN1C[C@@H]2CCCN(C(=O)Nc3ccc(CC4NC(=O)NC4=O)cc3)[C@@H]2C1. The second kappa shape index (κ2) is 7.19. The predicted octanol–water partition coefficient (Wildman–Crippen LogP) is 0.995. The molecule has 3 fully saturated rings. The predicted molar refractivity (Wildman–Crippen MR) is 100 cm³/mol. The Hall–Kier alpha value is -2.61. The van der Waals surface area contributed by atoms with Crippen LogP contribution in [0.2, 0.25) is 0 Å². The van der Waals surface area contributed by atoms with E-state index < -0.39 is 12.1 Å². The fourth-order valence-corrected chi connectivity index (χ4v) is 4.40. The number of nitrogens with zero attached hydrogens (tertiary/aromatic N) is 2. The zero-order chi connectivity index (χ0) is 19.0. The van der Waals surface area contributed by atoms with E-state index in [4.69, 9.17) is 0 Å². The fourth-order valence-electron chi connectivity index (χ4n) is 4.40. The normalized spacial score (nSPS) is 27.9. The highest BCUT2D eigenvalue weighted by molar-refractivity contribution is 6.04. The number of imide groups is 1. The quantitative estimate of drug-likeness (QED) is 0.691. The van der Waals surface area contributed by atoms with Crippen molar-refractivity contribution in [2.24, 2.45) is 5.92 Å². The summed E-state index contributed by atoms with van der Waals surface area (Å²) < 4.78 is 0. The molecule has 0 bridgehead atoms. The molecule has 1 aromatic carbocycles. The summed E-state index contributed by atoms with van der Waals surface area (Å²) in [6, 6.07) is 6.68. The monoisotopic (exact) mass is 371 g/mol. The number of fused-ring (bicyclic) bond motifs is 1. The third-order valence-electron chi connectivity index (χ3n) is 5.73. The van der Waals surface area contributed by atoms with Crippen LogP contribution in [0.1, 0.15) is 18.4 Å². The molecule has 27 heavy (non-hydrogen) atoms. The van der Waals surface area contributed by atoms with Gasteiger partial charge in [0.1, 0.15) is 6.04 Å². The van der Waals surface area contributed by atoms with Crippen molar-refractivity contribution < 1.29 is 14.4 Å². The lowest BCUT2D eigenvalue weighted by atomic mass is 9.92. The van der Waals surface area contributed by atoms with Gasteiger partial charge in [-0.05, 0) is 43.5 Å². The molecule has 3 aliphatic heterocycles. The van der Waals surface area contributed by atoms with Gasteiger partial charge < -0.3 is 20.4 Å². The number of urea groups is 2. The zero-order valence-corrected chi connectivity index (χ0v) is 15.4. The van der Waals surface area contributed by atoms with Crippen LogP contribution in [0.5, 0.6) is 0 Å². The average Bonchev–Trinajstić information content (AvgIpc) is 3.16. The summed E-state index contributed by atoms with van der Waals surface area (Å²) in [5.74, 6) is 0.267. The highest BCUT2D eigenvalue weighted by Gasteiger charge is 2.39. The van der Waals surface area contributed by atoms with Crippen molar-refractivity contribution in [3.8, 4) is 0 Å². The van der Waals surface area contributed by atoms with Gasteiger partial charge in [0, 0.05) is 31.7 Å². The smallest absolute Gasteiger partial charge is 0.322 e. The van der Waals surface area contributed by atoms with Gasteiger partial charge in [-0.1, -0.05) is 12.1 Å². The Bertz CT molecular complexity index is 750. The third kappa shape index (κ3) is 3.75. The van der Waals surface area contributed by atoms with Crippen molar-refractivity contribution in [2.45, 2.75) is 31.3 Å². The van der Waals surface area contributed by atoms with Crippen LogP contribution in [-0.4, -0.2) is 66.5 Å². The molecule has 0 spiro atoms. The molecule has 8 heteroatoms. The molecular weight excluding hydrogens is 346 g/mol. The maximum atomic E-state index is 12.8. The Morgan fingerprint density at radius 2 is 2.00 bits per heavy atom. The van der Waals surface area contributed by atoms with Gasteiger partial charge >= 0.3 is 12.1 Å². The van der Waals surface area contributed by atoms with Gasteiger partial charge in [-0.25, -0.2) is 9.59 Å². The minimum Gasteiger partial charge on any atom is -0.326 e. The Morgan fingerprint density at radius 3 is 2.70 bits per heavy atom. The molecule has 3 aliphatic rings. The second-order valence-electron chi connectivity index (χ2n) is 7.73. The lowest BCUT2D eigenvalue weighted by Gasteiger charge is -2.37. The maximum Gasteiger partial charge on any atom is 0.322 e.